The van der Waals surface area contributed by atoms with Gasteiger partial charge in [0.05, 0.1) is 12.9 Å². The van der Waals surface area contributed by atoms with Crippen molar-refractivity contribution in [1.82, 2.24) is 14.5 Å². The van der Waals surface area contributed by atoms with Crippen LogP contribution in [0.1, 0.15) is 49.4 Å². The number of carbonyl (C=O) groups is 2. The van der Waals surface area contributed by atoms with E-state index in [1.807, 2.05) is 0 Å². The summed E-state index contributed by atoms with van der Waals surface area (Å²) < 4.78 is 32.1. The Kier molecular flexibility index (Phi) is 7.55. The second-order valence-corrected chi connectivity index (χ2v) is 10.2. The topological polar surface area (TPSA) is 122 Å². The van der Waals surface area contributed by atoms with Gasteiger partial charge in [-0.2, -0.15) is 4.31 Å². The molecule has 172 valence electrons. The van der Waals surface area contributed by atoms with E-state index < -0.39 is 28.0 Å². The fourth-order valence-electron chi connectivity index (χ4n) is 4.22. The van der Waals surface area contributed by atoms with E-state index in [1.165, 1.54) is 16.3 Å². The highest BCUT2D eigenvalue weighted by molar-refractivity contribution is 7.89. The summed E-state index contributed by atoms with van der Waals surface area (Å²) in [6.45, 7) is 2.01. The Balaban J connectivity index is 1.86. The van der Waals surface area contributed by atoms with Crippen molar-refractivity contribution in [1.29, 1.82) is 0 Å². The normalized spacial score (nSPS) is 24.7. The molecule has 1 aromatic rings. The van der Waals surface area contributed by atoms with E-state index in [0.717, 1.165) is 25.7 Å². The molecule has 0 spiro atoms. The van der Waals surface area contributed by atoms with Crippen LogP contribution < -0.4 is 15.8 Å². The van der Waals surface area contributed by atoms with Crippen molar-refractivity contribution in [3.05, 3.63) is 29.8 Å². The lowest BCUT2D eigenvalue weighted by Crippen LogP contribution is -2.56. The van der Waals surface area contributed by atoms with Crippen molar-refractivity contribution in [3.63, 3.8) is 0 Å². The summed E-state index contributed by atoms with van der Waals surface area (Å²) in [4.78, 5) is 27.8. The van der Waals surface area contributed by atoms with Gasteiger partial charge >= 0.3 is 0 Å². The molecule has 31 heavy (non-hydrogen) atoms. The highest BCUT2D eigenvalue weighted by Gasteiger charge is 2.46. The lowest BCUT2D eigenvalue weighted by Gasteiger charge is -2.32. The van der Waals surface area contributed by atoms with Gasteiger partial charge in [-0.1, -0.05) is 13.0 Å². The minimum atomic E-state index is -3.68. The van der Waals surface area contributed by atoms with E-state index in [-0.39, 0.29) is 30.9 Å². The number of sulfonamides is 1. The third-order valence-corrected chi connectivity index (χ3v) is 7.90. The first-order chi connectivity index (χ1) is 14.8. The van der Waals surface area contributed by atoms with Crippen LogP contribution in [0.5, 0.6) is 5.75 Å². The number of benzene rings is 1. The molecular weight excluding hydrogens is 420 g/mol. The summed E-state index contributed by atoms with van der Waals surface area (Å²) in [6, 6.07) is 6.68. The molecule has 1 heterocycles. The van der Waals surface area contributed by atoms with Crippen molar-refractivity contribution in [2.75, 3.05) is 26.0 Å². The summed E-state index contributed by atoms with van der Waals surface area (Å²) in [6.07, 6.45) is 2.32. The Bertz CT molecular complexity index is 899. The van der Waals surface area contributed by atoms with Gasteiger partial charge in [-0.3, -0.25) is 9.59 Å². The SMILES string of the molecule is CCCS(=O)(=O)N1CCN(C(=O)c2cccc(OC)c2)C1C(=O)NC1CCC(N)CC1. The van der Waals surface area contributed by atoms with Crippen molar-refractivity contribution >= 4 is 21.8 Å². The maximum Gasteiger partial charge on any atom is 0.259 e. The van der Waals surface area contributed by atoms with Crippen molar-refractivity contribution in [2.45, 2.75) is 57.3 Å². The van der Waals surface area contributed by atoms with E-state index in [0.29, 0.717) is 17.7 Å². The molecule has 3 rings (SSSR count). The lowest BCUT2D eigenvalue weighted by molar-refractivity contribution is -0.128. The Morgan fingerprint density at radius 3 is 2.55 bits per heavy atom. The molecule has 1 aromatic carbocycles. The fraction of sp³-hybridized carbons (Fsp3) is 0.619. The van der Waals surface area contributed by atoms with Crippen LogP contribution in [0, 0.1) is 0 Å². The zero-order valence-corrected chi connectivity index (χ0v) is 18.9. The van der Waals surface area contributed by atoms with Crippen LogP contribution in [-0.4, -0.2) is 73.6 Å². The van der Waals surface area contributed by atoms with Crippen LogP contribution in [0.25, 0.3) is 0 Å². The lowest BCUT2D eigenvalue weighted by atomic mass is 9.92. The van der Waals surface area contributed by atoms with Gasteiger partial charge in [0.25, 0.3) is 11.8 Å². The standard InChI is InChI=1S/C21H32N4O5S/c1-3-13-31(28,29)25-12-11-24(21(27)15-5-4-6-18(14-15)30-2)20(25)19(26)23-17-9-7-16(22)8-10-17/h4-6,14,16-17,20H,3,7-13,22H2,1-2H3,(H,23,26). The number of hydrogen-bond donors (Lipinski definition) is 2. The number of nitrogens with zero attached hydrogens (tertiary/aromatic N) is 2. The number of carbonyl (C=O) groups excluding carboxylic acids is 2. The number of nitrogens with two attached hydrogens (primary N) is 1. The average Bonchev–Trinajstić information content (AvgIpc) is 3.21. The molecule has 1 saturated heterocycles. The minimum absolute atomic E-state index is 0.0719. The molecule has 1 aliphatic heterocycles. The van der Waals surface area contributed by atoms with Crippen molar-refractivity contribution in [3.8, 4) is 5.75 Å². The first kappa shape index (κ1) is 23.5. The first-order valence-corrected chi connectivity index (χ1v) is 12.4. The molecule has 0 aromatic heterocycles. The largest absolute Gasteiger partial charge is 0.497 e. The number of nitrogens with one attached hydrogen (secondary N) is 1. The quantitative estimate of drug-likeness (QED) is 0.634. The number of methoxy groups -OCH3 is 1. The molecule has 3 N–H and O–H groups in total. The summed E-state index contributed by atoms with van der Waals surface area (Å²) >= 11 is 0. The van der Waals surface area contributed by atoms with Gasteiger partial charge in [0, 0.05) is 30.7 Å². The molecule has 10 heteroatoms. The molecule has 1 saturated carbocycles. The van der Waals surface area contributed by atoms with Crippen LogP contribution in [0.3, 0.4) is 0 Å². The summed E-state index contributed by atoms with van der Waals surface area (Å²) in [7, 11) is -2.18. The Labute approximate surface area is 184 Å². The maximum absolute atomic E-state index is 13.3. The Hall–Kier alpha value is -2.17. The molecule has 9 nitrogen and oxygen atoms in total. The highest BCUT2D eigenvalue weighted by atomic mass is 32.2. The van der Waals surface area contributed by atoms with Gasteiger partial charge in [-0.05, 0) is 50.3 Å². The molecule has 2 fully saturated rings. The number of hydrogen-bond acceptors (Lipinski definition) is 6. The van der Waals surface area contributed by atoms with Gasteiger partial charge in [0.2, 0.25) is 10.0 Å². The monoisotopic (exact) mass is 452 g/mol. The third kappa shape index (κ3) is 5.36. The van der Waals surface area contributed by atoms with Crippen molar-refractivity contribution in [2.24, 2.45) is 5.73 Å². The van der Waals surface area contributed by atoms with Crippen LogP contribution >= 0.6 is 0 Å². The number of rotatable bonds is 7. The second kappa shape index (κ2) is 9.97. The first-order valence-electron chi connectivity index (χ1n) is 10.8. The van der Waals surface area contributed by atoms with Gasteiger partial charge in [0.15, 0.2) is 6.17 Å². The van der Waals surface area contributed by atoms with Crippen LogP contribution in [-0.2, 0) is 14.8 Å². The van der Waals surface area contributed by atoms with Crippen LogP contribution in [0.2, 0.25) is 0 Å². The summed E-state index contributed by atoms with van der Waals surface area (Å²) in [5.41, 5.74) is 6.29. The maximum atomic E-state index is 13.3. The van der Waals surface area contributed by atoms with Crippen molar-refractivity contribution < 1.29 is 22.7 Å². The van der Waals surface area contributed by atoms with E-state index in [1.54, 1.807) is 31.2 Å². The Morgan fingerprint density at radius 2 is 1.90 bits per heavy atom. The van der Waals surface area contributed by atoms with Gasteiger partial charge in [-0.25, -0.2) is 8.42 Å². The van der Waals surface area contributed by atoms with E-state index in [9.17, 15) is 18.0 Å². The number of ether oxygens (including phenoxy) is 1. The molecular formula is C21H32N4O5S. The highest BCUT2D eigenvalue weighted by Crippen LogP contribution is 2.25. The fourth-order valence-corrected chi connectivity index (χ4v) is 5.84. The predicted molar refractivity (Wildman–Crippen MR) is 117 cm³/mol. The summed E-state index contributed by atoms with van der Waals surface area (Å²) in [5.74, 6) is -0.427. The number of amides is 2. The molecule has 2 aliphatic rings. The Morgan fingerprint density at radius 1 is 1.19 bits per heavy atom. The molecule has 0 bridgehead atoms. The third-order valence-electron chi connectivity index (χ3n) is 5.88. The van der Waals surface area contributed by atoms with E-state index in [2.05, 4.69) is 5.32 Å². The molecule has 1 atom stereocenters. The average molecular weight is 453 g/mol. The van der Waals surface area contributed by atoms with E-state index >= 15 is 0 Å². The van der Waals surface area contributed by atoms with Gasteiger partial charge in [0.1, 0.15) is 5.75 Å². The van der Waals surface area contributed by atoms with Crippen LogP contribution in [0.4, 0.5) is 0 Å². The predicted octanol–water partition coefficient (Wildman–Crippen LogP) is 0.905. The second-order valence-electron chi connectivity index (χ2n) is 8.15. The molecule has 1 aliphatic carbocycles. The van der Waals surface area contributed by atoms with Crippen LogP contribution in [0.15, 0.2) is 24.3 Å². The molecule has 2 amide bonds. The zero-order chi connectivity index (χ0) is 22.6. The minimum Gasteiger partial charge on any atom is -0.497 e. The van der Waals surface area contributed by atoms with E-state index in [4.69, 9.17) is 10.5 Å². The zero-order valence-electron chi connectivity index (χ0n) is 18.1. The summed E-state index contributed by atoms with van der Waals surface area (Å²) in [5, 5.41) is 2.97. The van der Waals surface area contributed by atoms with Gasteiger partial charge in [-0.15, -0.1) is 0 Å². The van der Waals surface area contributed by atoms with Gasteiger partial charge < -0.3 is 20.7 Å². The molecule has 1 unspecified atom stereocenters. The smallest absolute Gasteiger partial charge is 0.259 e. The molecule has 0 radical (unpaired) electrons.